The normalized spacial score (nSPS) is 23.7. The second kappa shape index (κ2) is 7.03. The van der Waals surface area contributed by atoms with Gasteiger partial charge in [-0.2, -0.15) is 0 Å². The van der Waals surface area contributed by atoms with Crippen molar-refractivity contribution < 1.29 is 14.6 Å². The molecule has 0 N–H and O–H groups in total. The molecule has 2 aliphatic heterocycles. The summed E-state index contributed by atoms with van der Waals surface area (Å²) in [4.78, 5) is 27.2. The van der Waals surface area contributed by atoms with Crippen molar-refractivity contribution in [2.45, 2.75) is 32.8 Å². The van der Waals surface area contributed by atoms with E-state index in [0.29, 0.717) is 31.8 Å². The molecule has 8 nitrogen and oxygen atoms in total. The average molecular weight is 360 g/mol. The molecule has 0 radical (unpaired) electrons. The average Bonchev–Trinajstić information content (AvgIpc) is 3.10. The summed E-state index contributed by atoms with van der Waals surface area (Å²) >= 11 is 0. The lowest BCUT2D eigenvalue weighted by molar-refractivity contribution is -0.486. The van der Waals surface area contributed by atoms with Crippen LogP contribution in [0.15, 0.2) is 29.4 Å². The van der Waals surface area contributed by atoms with Gasteiger partial charge < -0.3 is 9.64 Å². The minimum absolute atomic E-state index is 0.118. The topological polar surface area (TPSA) is 88.3 Å². The second-order valence-corrected chi connectivity index (χ2v) is 7.50. The summed E-state index contributed by atoms with van der Waals surface area (Å²) in [6, 6.07) is 7.23. The van der Waals surface area contributed by atoms with Crippen LogP contribution < -0.4 is 0 Å². The number of hydrogen-bond acceptors (Lipinski definition) is 4. The fourth-order valence-electron chi connectivity index (χ4n) is 3.69. The zero-order valence-corrected chi connectivity index (χ0v) is 15.3. The molecule has 0 aliphatic carbocycles. The summed E-state index contributed by atoms with van der Waals surface area (Å²) in [5.74, 6) is 0.123. The Morgan fingerprint density at radius 3 is 2.73 bits per heavy atom. The molecule has 2 saturated heterocycles. The Morgan fingerprint density at radius 2 is 2.12 bits per heavy atom. The van der Waals surface area contributed by atoms with E-state index in [1.807, 2.05) is 37.8 Å². The molecule has 1 aromatic carbocycles. The monoisotopic (exact) mass is 360 g/mol. The van der Waals surface area contributed by atoms with Crippen LogP contribution in [-0.4, -0.2) is 58.5 Å². The summed E-state index contributed by atoms with van der Waals surface area (Å²) in [7, 11) is 0. The van der Waals surface area contributed by atoms with Gasteiger partial charge in [0.05, 0.1) is 12.2 Å². The summed E-state index contributed by atoms with van der Waals surface area (Å²) in [6.45, 7) is 8.05. The first-order valence-electron chi connectivity index (χ1n) is 8.76. The van der Waals surface area contributed by atoms with Crippen molar-refractivity contribution in [3.8, 4) is 0 Å². The molecule has 2 aliphatic rings. The summed E-state index contributed by atoms with van der Waals surface area (Å²) in [5, 5.41) is 13.8. The second-order valence-electron chi connectivity index (χ2n) is 7.50. The summed E-state index contributed by atoms with van der Waals surface area (Å²) < 4.78 is 5.76. The van der Waals surface area contributed by atoms with Gasteiger partial charge in [-0.1, -0.05) is 18.2 Å². The van der Waals surface area contributed by atoms with Gasteiger partial charge in [0.1, 0.15) is 5.10 Å². The van der Waals surface area contributed by atoms with E-state index in [1.54, 1.807) is 12.1 Å². The molecule has 3 rings (SSSR count). The van der Waals surface area contributed by atoms with E-state index in [9.17, 15) is 14.9 Å². The minimum Gasteiger partial charge on any atom is -0.375 e. The Labute approximate surface area is 152 Å². The SMILES string of the molecule is Cc1ccccc1C(=O)N1CCN(CC2COC(C)(C)C2)C1=N[N+](=O)[O-]. The van der Waals surface area contributed by atoms with Crippen molar-refractivity contribution in [2.75, 3.05) is 26.2 Å². The van der Waals surface area contributed by atoms with Crippen LogP contribution in [0.1, 0.15) is 36.2 Å². The first-order chi connectivity index (χ1) is 12.3. The van der Waals surface area contributed by atoms with Gasteiger partial charge in [-0.25, -0.2) is 10.1 Å². The number of rotatable bonds is 4. The molecule has 1 atom stereocenters. The largest absolute Gasteiger partial charge is 0.375 e. The Hall–Kier alpha value is -2.48. The summed E-state index contributed by atoms with van der Waals surface area (Å²) in [6.07, 6.45) is 0.876. The molecule has 0 aromatic heterocycles. The Bertz CT molecular complexity index is 746. The smallest absolute Gasteiger partial charge is 0.281 e. The number of carbonyl (C=O) groups is 1. The number of guanidine groups is 1. The number of benzene rings is 1. The molecule has 1 unspecified atom stereocenters. The molecule has 2 fully saturated rings. The number of nitrogens with zero attached hydrogens (tertiary/aromatic N) is 4. The number of ether oxygens (including phenoxy) is 1. The van der Waals surface area contributed by atoms with E-state index in [0.717, 1.165) is 12.0 Å². The highest BCUT2D eigenvalue weighted by molar-refractivity contribution is 6.07. The highest BCUT2D eigenvalue weighted by atomic mass is 16.7. The molecule has 2 heterocycles. The lowest BCUT2D eigenvalue weighted by atomic mass is 9.97. The highest BCUT2D eigenvalue weighted by Gasteiger charge is 2.39. The molecule has 0 bridgehead atoms. The maximum atomic E-state index is 12.9. The van der Waals surface area contributed by atoms with Crippen molar-refractivity contribution >= 4 is 11.9 Å². The molecule has 0 spiro atoms. The van der Waals surface area contributed by atoms with E-state index in [4.69, 9.17) is 4.74 Å². The number of aryl methyl sites for hydroxylation is 1. The van der Waals surface area contributed by atoms with E-state index in [1.165, 1.54) is 4.90 Å². The van der Waals surface area contributed by atoms with Gasteiger partial charge in [-0.3, -0.25) is 9.69 Å². The third-order valence-corrected chi connectivity index (χ3v) is 4.88. The predicted molar refractivity (Wildman–Crippen MR) is 96.4 cm³/mol. The number of nitro groups is 1. The molecule has 1 amide bonds. The Balaban J connectivity index is 1.80. The molecule has 140 valence electrons. The van der Waals surface area contributed by atoms with Crippen LogP contribution in [0.4, 0.5) is 0 Å². The number of hydrogen-bond donors (Lipinski definition) is 0. The predicted octanol–water partition coefficient (Wildman–Crippen LogP) is 2.12. The van der Waals surface area contributed by atoms with Gasteiger partial charge in [0.25, 0.3) is 11.9 Å². The van der Waals surface area contributed by atoms with Crippen LogP contribution in [0.5, 0.6) is 0 Å². The minimum atomic E-state index is -0.735. The molecular weight excluding hydrogens is 336 g/mol. The summed E-state index contributed by atoms with van der Waals surface area (Å²) in [5.41, 5.74) is 1.19. The molecule has 8 heteroatoms. The van der Waals surface area contributed by atoms with E-state index in [2.05, 4.69) is 5.10 Å². The van der Waals surface area contributed by atoms with Gasteiger partial charge in [0.2, 0.25) is 0 Å². The van der Waals surface area contributed by atoms with Gasteiger partial charge in [-0.05, 0) is 38.8 Å². The van der Waals surface area contributed by atoms with E-state index >= 15 is 0 Å². The molecule has 26 heavy (non-hydrogen) atoms. The van der Waals surface area contributed by atoms with Crippen molar-refractivity contribution in [1.82, 2.24) is 9.80 Å². The fourth-order valence-corrected chi connectivity index (χ4v) is 3.69. The fraction of sp³-hybridized carbons (Fsp3) is 0.556. The maximum absolute atomic E-state index is 12.9. The highest BCUT2D eigenvalue weighted by Crippen LogP contribution is 2.30. The van der Waals surface area contributed by atoms with Gasteiger partial charge in [0.15, 0.2) is 5.03 Å². The number of hydrazone groups is 1. The molecule has 1 aromatic rings. The van der Waals surface area contributed by atoms with Crippen LogP contribution in [-0.2, 0) is 4.74 Å². The van der Waals surface area contributed by atoms with Crippen LogP contribution in [0.2, 0.25) is 0 Å². The zero-order chi connectivity index (χ0) is 18.9. The standard InChI is InChI=1S/C18H24N4O4/c1-13-6-4-5-7-15(13)16(23)21-9-8-20(17(21)19-22(24)25)11-14-10-18(2,3)26-12-14/h4-7,14H,8-12H2,1-3H3. The van der Waals surface area contributed by atoms with E-state index < -0.39 is 5.03 Å². The van der Waals surface area contributed by atoms with Crippen LogP contribution >= 0.6 is 0 Å². The van der Waals surface area contributed by atoms with Gasteiger partial charge >= 0.3 is 0 Å². The Morgan fingerprint density at radius 1 is 1.38 bits per heavy atom. The third kappa shape index (κ3) is 3.85. The maximum Gasteiger partial charge on any atom is 0.281 e. The number of amides is 1. The van der Waals surface area contributed by atoms with Crippen molar-refractivity contribution in [3.05, 3.63) is 45.5 Å². The van der Waals surface area contributed by atoms with Crippen LogP contribution in [0.3, 0.4) is 0 Å². The van der Waals surface area contributed by atoms with Crippen molar-refractivity contribution in [3.63, 3.8) is 0 Å². The lowest BCUT2D eigenvalue weighted by Gasteiger charge is -2.22. The van der Waals surface area contributed by atoms with Crippen molar-refractivity contribution in [2.24, 2.45) is 11.0 Å². The lowest BCUT2D eigenvalue weighted by Crippen LogP contribution is -2.40. The van der Waals surface area contributed by atoms with Crippen LogP contribution in [0, 0.1) is 23.0 Å². The van der Waals surface area contributed by atoms with Gasteiger partial charge in [-0.15, -0.1) is 0 Å². The van der Waals surface area contributed by atoms with E-state index in [-0.39, 0.29) is 23.4 Å². The van der Waals surface area contributed by atoms with Crippen LogP contribution in [0.25, 0.3) is 0 Å². The molecular formula is C18H24N4O4. The number of carbonyl (C=O) groups excluding carboxylic acids is 1. The molecule has 0 saturated carbocycles. The zero-order valence-electron chi connectivity index (χ0n) is 15.3. The first-order valence-corrected chi connectivity index (χ1v) is 8.76. The quantitative estimate of drug-likeness (QED) is 0.606. The third-order valence-electron chi connectivity index (χ3n) is 4.88. The van der Waals surface area contributed by atoms with Gasteiger partial charge in [0, 0.05) is 31.1 Å². The Kier molecular flexibility index (Phi) is 4.95. The first kappa shape index (κ1) is 18.3. The van der Waals surface area contributed by atoms with Crippen molar-refractivity contribution in [1.29, 1.82) is 0 Å².